The first-order chi connectivity index (χ1) is 17.2. The molecule has 0 heterocycles. The molecule has 0 aliphatic heterocycles. The van der Waals surface area contributed by atoms with Crippen LogP contribution >= 0.6 is 0 Å². The summed E-state index contributed by atoms with van der Waals surface area (Å²) in [6, 6.07) is 5.09. The molecule has 0 aliphatic rings. The summed E-state index contributed by atoms with van der Waals surface area (Å²) in [4.78, 5) is 12.8. The van der Waals surface area contributed by atoms with Gasteiger partial charge in [0, 0.05) is 5.69 Å². The Morgan fingerprint density at radius 1 is 0.923 bits per heavy atom. The average Bonchev–Trinajstić information content (AvgIpc) is 2.80. The Kier molecular flexibility index (Phi) is 9.54. The highest BCUT2D eigenvalue weighted by molar-refractivity contribution is 6.93. The fraction of sp³-hybridized carbons (Fsp3) is 0.625. The molecule has 224 valence electrons. The van der Waals surface area contributed by atoms with Gasteiger partial charge in [0.05, 0.1) is 0 Å². The molecule has 1 aromatic carbocycles. The predicted octanol–water partition coefficient (Wildman–Crippen LogP) is 7.72. The molecule has 0 aliphatic carbocycles. The van der Waals surface area contributed by atoms with E-state index in [9.17, 15) is 44.3 Å². The van der Waals surface area contributed by atoms with Gasteiger partial charge in [-0.1, -0.05) is 50.0 Å². The first-order valence-corrected chi connectivity index (χ1v) is 14.7. The number of amides is 1. The largest absolute Gasteiger partial charge is 0.434 e. The normalized spacial score (nSPS) is 19.7. The zero-order chi connectivity index (χ0) is 31.1. The molecule has 4 atom stereocenters. The number of rotatable bonds is 11. The Morgan fingerprint density at radius 2 is 1.44 bits per heavy atom. The molecule has 0 aromatic heterocycles. The van der Waals surface area contributed by atoms with Crippen LogP contribution in [0.5, 0.6) is 0 Å². The highest BCUT2D eigenvalue weighted by atomic mass is 28.3. The van der Waals surface area contributed by atoms with Crippen molar-refractivity contribution in [2.45, 2.75) is 94.7 Å². The standard InChI is InChI=1S/C24H30F11NO2Si/c1-8-18(4,25)21(27,23(31,32)33)24(34,35)38-19(5,9-2)20(26,22(28,29)30)17(37)36-15-12-11-13-16(14-15)39(6,7)10-3/h10-14H,3,8-9H2,1-2,4-7H3,(H,36,37). The lowest BCUT2D eigenvalue weighted by molar-refractivity contribution is -0.442. The van der Waals surface area contributed by atoms with Crippen molar-refractivity contribution in [3.8, 4) is 0 Å². The lowest BCUT2D eigenvalue weighted by Gasteiger charge is -2.48. The summed E-state index contributed by atoms with van der Waals surface area (Å²) in [7, 11) is -2.37. The highest BCUT2D eigenvalue weighted by Gasteiger charge is 2.83. The second kappa shape index (κ2) is 10.7. The summed E-state index contributed by atoms with van der Waals surface area (Å²) in [5, 5.41) is 2.12. The van der Waals surface area contributed by atoms with Crippen LogP contribution in [-0.2, 0) is 9.53 Å². The number of halogens is 11. The molecule has 0 saturated heterocycles. The van der Waals surface area contributed by atoms with Crippen LogP contribution in [0.3, 0.4) is 0 Å². The Morgan fingerprint density at radius 3 is 1.82 bits per heavy atom. The van der Waals surface area contributed by atoms with Crippen molar-refractivity contribution in [1.82, 2.24) is 0 Å². The minimum Gasteiger partial charge on any atom is -0.323 e. The van der Waals surface area contributed by atoms with Gasteiger partial charge in [0.15, 0.2) is 5.67 Å². The van der Waals surface area contributed by atoms with Crippen LogP contribution in [0.25, 0.3) is 0 Å². The molecule has 0 fully saturated rings. The second-order valence-corrected chi connectivity index (χ2v) is 14.5. The molecule has 39 heavy (non-hydrogen) atoms. The van der Waals surface area contributed by atoms with E-state index in [1.807, 2.05) is 0 Å². The van der Waals surface area contributed by atoms with Crippen molar-refractivity contribution in [1.29, 1.82) is 0 Å². The molecule has 0 bridgehead atoms. The summed E-state index contributed by atoms with van der Waals surface area (Å²) in [5.41, 5.74) is -19.1. The molecule has 1 rings (SSSR count). The van der Waals surface area contributed by atoms with Gasteiger partial charge in [-0.25, -0.2) is 13.2 Å². The first-order valence-electron chi connectivity index (χ1n) is 11.6. The van der Waals surface area contributed by atoms with Crippen LogP contribution in [0.2, 0.25) is 13.1 Å². The van der Waals surface area contributed by atoms with Crippen LogP contribution in [-0.4, -0.2) is 55.0 Å². The van der Waals surface area contributed by atoms with Crippen LogP contribution in [0.15, 0.2) is 36.5 Å². The van der Waals surface area contributed by atoms with Crippen molar-refractivity contribution in [2.75, 3.05) is 5.32 Å². The third kappa shape index (κ3) is 5.84. The summed E-state index contributed by atoms with van der Waals surface area (Å²) in [6.07, 6.45) is -22.6. The summed E-state index contributed by atoms with van der Waals surface area (Å²) in [6.45, 7) is 8.10. The number of ether oxygens (including phenoxy) is 1. The molecule has 0 saturated carbocycles. The van der Waals surface area contributed by atoms with Crippen molar-refractivity contribution in [2.24, 2.45) is 0 Å². The van der Waals surface area contributed by atoms with E-state index in [4.69, 9.17) is 0 Å². The van der Waals surface area contributed by atoms with Gasteiger partial charge in [0.1, 0.15) is 13.7 Å². The van der Waals surface area contributed by atoms with E-state index < -0.39 is 73.6 Å². The van der Waals surface area contributed by atoms with Crippen LogP contribution in [0.1, 0.15) is 40.5 Å². The van der Waals surface area contributed by atoms with E-state index in [0.29, 0.717) is 19.0 Å². The number of hydrogen-bond acceptors (Lipinski definition) is 2. The number of anilines is 1. The summed E-state index contributed by atoms with van der Waals surface area (Å²) in [5.74, 6) is -2.62. The van der Waals surface area contributed by atoms with E-state index in [1.165, 1.54) is 12.1 Å². The molecule has 15 heteroatoms. The van der Waals surface area contributed by atoms with Crippen molar-refractivity contribution in [3.05, 3.63) is 36.5 Å². The van der Waals surface area contributed by atoms with Gasteiger partial charge in [-0.15, -0.1) is 6.58 Å². The highest BCUT2D eigenvalue weighted by Crippen LogP contribution is 2.58. The predicted molar refractivity (Wildman–Crippen MR) is 127 cm³/mol. The van der Waals surface area contributed by atoms with Gasteiger partial charge < -0.3 is 10.1 Å². The molecular weight excluding hydrogens is 571 g/mol. The van der Waals surface area contributed by atoms with E-state index in [0.717, 1.165) is 6.07 Å². The molecule has 4 unspecified atom stereocenters. The summed E-state index contributed by atoms with van der Waals surface area (Å²) >= 11 is 0. The zero-order valence-electron chi connectivity index (χ0n) is 22.0. The SMILES string of the molecule is C=C[Si](C)(C)c1cccc(NC(=O)C(F)(C(F)(F)F)C(C)(CC)OC(F)(F)C(F)(C(F)(F)F)C(C)(F)CC)c1. The van der Waals surface area contributed by atoms with Gasteiger partial charge in [-0.05, 0) is 38.8 Å². The van der Waals surface area contributed by atoms with Gasteiger partial charge in [0.25, 0.3) is 5.91 Å². The number of hydrogen-bond donors (Lipinski definition) is 1. The van der Waals surface area contributed by atoms with Crippen molar-refractivity contribution < 1.29 is 57.8 Å². The molecule has 1 amide bonds. The van der Waals surface area contributed by atoms with E-state index >= 15 is 8.78 Å². The van der Waals surface area contributed by atoms with E-state index in [-0.39, 0.29) is 13.8 Å². The molecule has 0 radical (unpaired) electrons. The molecular formula is C24H30F11NO2Si. The Labute approximate surface area is 219 Å². The van der Waals surface area contributed by atoms with Gasteiger partial charge in [-0.2, -0.15) is 35.1 Å². The maximum atomic E-state index is 15.9. The molecule has 1 N–H and O–H groups in total. The minimum absolute atomic E-state index is 0.0730. The molecule has 1 aromatic rings. The Bertz CT molecular complexity index is 1060. The van der Waals surface area contributed by atoms with Crippen molar-refractivity contribution in [3.63, 3.8) is 0 Å². The third-order valence-electron chi connectivity index (χ3n) is 7.01. The second-order valence-electron chi connectivity index (χ2n) is 10.0. The van der Waals surface area contributed by atoms with Gasteiger partial charge in [-0.3, -0.25) is 4.79 Å². The van der Waals surface area contributed by atoms with Crippen LogP contribution in [0.4, 0.5) is 54.0 Å². The number of benzene rings is 1. The number of nitrogens with one attached hydrogen (secondary N) is 1. The van der Waals surface area contributed by atoms with Crippen LogP contribution < -0.4 is 10.5 Å². The number of carbonyl (C=O) groups is 1. The summed E-state index contributed by atoms with van der Waals surface area (Å²) < 4.78 is 162. The number of alkyl halides is 11. The molecule has 0 spiro atoms. The quantitative estimate of drug-likeness (QED) is 0.208. The smallest absolute Gasteiger partial charge is 0.323 e. The maximum absolute atomic E-state index is 15.9. The maximum Gasteiger partial charge on any atom is 0.434 e. The Balaban J connectivity index is 3.75. The van der Waals surface area contributed by atoms with Crippen molar-refractivity contribution >= 4 is 24.9 Å². The average molecular weight is 602 g/mol. The fourth-order valence-electron chi connectivity index (χ4n) is 3.75. The van der Waals surface area contributed by atoms with Gasteiger partial charge in [0.2, 0.25) is 0 Å². The fourth-order valence-corrected chi connectivity index (χ4v) is 5.04. The lowest BCUT2D eigenvalue weighted by Crippen LogP contribution is -2.72. The van der Waals surface area contributed by atoms with Crippen LogP contribution in [0, 0.1) is 0 Å². The molecule has 3 nitrogen and oxygen atoms in total. The zero-order valence-corrected chi connectivity index (χ0v) is 23.0. The Hall–Kier alpha value is -2.16. The van der Waals surface area contributed by atoms with E-state index in [1.54, 1.807) is 30.2 Å². The monoisotopic (exact) mass is 601 g/mol. The minimum atomic E-state index is -6.73. The van der Waals surface area contributed by atoms with E-state index in [2.05, 4.69) is 11.3 Å². The first kappa shape index (κ1) is 34.9. The van der Waals surface area contributed by atoms with Gasteiger partial charge >= 0.3 is 29.8 Å². The third-order valence-corrected chi connectivity index (χ3v) is 9.83. The number of carbonyl (C=O) groups excluding carboxylic acids is 1. The lowest BCUT2D eigenvalue weighted by atomic mass is 9.80. The topological polar surface area (TPSA) is 38.3 Å².